The van der Waals surface area contributed by atoms with Gasteiger partial charge in [-0.1, -0.05) is 31.9 Å². The van der Waals surface area contributed by atoms with E-state index in [4.69, 9.17) is 4.74 Å². The molecule has 0 radical (unpaired) electrons. The van der Waals surface area contributed by atoms with E-state index in [9.17, 15) is 22.8 Å². The molecule has 7 heteroatoms. The molecule has 2 rings (SSSR count). The second kappa shape index (κ2) is 8.87. The van der Waals surface area contributed by atoms with Crippen LogP contribution < -0.4 is 5.32 Å². The van der Waals surface area contributed by atoms with Gasteiger partial charge in [0.25, 0.3) is 5.91 Å². The molecule has 1 aliphatic carbocycles. The number of amides is 1. The third-order valence-electron chi connectivity index (χ3n) is 4.43. The highest BCUT2D eigenvalue weighted by Crippen LogP contribution is 2.29. The van der Waals surface area contributed by atoms with Crippen LogP contribution in [0.1, 0.15) is 43.7 Å². The molecule has 2 atom stereocenters. The highest BCUT2D eigenvalue weighted by atomic mass is 19.4. The van der Waals surface area contributed by atoms with Crippen LogP contribution in [0.2, 0.25) is 0 Å². The molecule has 1 N–H and O–H groups in total. The SMILES string of the molecule is C[C@H]1CCCC[C@@H]1NC(=O)COC(=O)/C=C/c1cccc(C(F)(F)F)c1. The Balaban J connectivity index is 1.81. The Morgan fingerprint density at radius 2 is 2.00 bits per heavy atom. The maximum Gasteiger partial charge on any atom is 0.416 e. The number of halogens is 3. The zero-order chi connectivity index (χ0) is 19.2. The summed E-state index contributed by atoms with van der Waals surface area (Å²) in [6, 6.07) is 4.67. The smallest absolute Gasteiger partial charge is 0.416 e. The van der Waals surface area contributed by atoms with Crippen molar-refractivity contribution in [2.45, 2.75) is 44.8 Å². The van der Waals surface area contributed by atoms with E-state index in [1.54, 1.807) is 0 Å². The van der Waals surface area contributed by atoms with Gasteiger partial charge in [-0.3, -0.25) is 4.79 Å². The van der Waals surface area contributed by atoms with Crippen LogP contribution in [0, 0.1) is 5.92 Å². The molecular weight excluding hydrogens is 347 g/mol. The number of alkyl halides is 3. The molecule has 1 aliphatic rings. The van der Waals surface area contributed by atoms with Gasteiger partial charge in [0.15, 0.2) is 6.61 Å². The largest absolute Gasteiger partial charge is 0.452 e. The lowest BCUT2D eigenvalue weighted by atomic mass is 9.86. The Bertz CT molecular complexity index is 670. The van der Waals surface area contributed by atoms with Gasteiger partial charge in [-0.15, -0.1) is 0 Å². The standard InChI is InChI=1S/C19H22F3NO3/c1-13-5-2-3-8-16(13)23-17(24)12-26-18(25)10-9-14-6-4-7-15(11-14)19(20,21)22/h4,6-7,9-11,13,16H,2-3,5,8,12H2,1H3,(H,23,24)/b10-9+/t13-,16-/m0/s1. The first-order valence-electron chi connectivity index (χ1n) is 8.57. The number of hydrogen-bond donors (Lipinski definition) is 1. The number of benzene rings is 1. The molecule has 0 aliphatic heterocycles. The van der Waals surface area contributed by atoms with Gasteiger partial charge in [-0.25, -0.2) is 4.79 Å². The van der Waals surface area contributed by atoms with Crippen LogP contribution in [0.15, 0.2) is 30.3 Å². The molecule has 4 nitrogen and oxygen atoms in total. The lowest BCUT2D eigenvalue weighted by Gasteiger charge is -2.29. The van der Waals surface area contributed by atoms with Gasteiger partial charge in [-0.05, 0) is 42.5 Å². The first-order chi connectivity index (χ1) is 12.3. The summed E-state index contributed by atoms with van der Waals surface area (Å²) in [5.74, 6) is -0.761. The minimum absolute atomic E-state index is 0.0932. The highest BCUT2D eigenvalue weighted by molar-refractivity contribution is 5.89. The number of rotatable bonds is 5. The van der Waals surface area contributed by atoms with Crippen molar-refractivity contribution in [3.63, 3.8) is 0 Å². The van der Waals surface area contributed by atoms with Crippen LogP contribution in [0.25, 0.3) is 6.08 Å². The number of ether oxygens (including phenoxy) is 1. The first-order valence-corrected chi connectivity index (χ1v) is 8.57. The van der Waals surface area contributed by atoms with Crippen molar-refractivity contribution in [2.75, 3.05) is 6.61 Å². The van der Waals surface area contributed by atoms with E-state index < -0.39 is 24.3 Å². The highest BCUT2D eigenvalue weighted by Gasteiger charge is 2.30. The van der Waals surface area contributed by atoms with Crippen LogP contribution in [0.4, 0.5) is 13.2 Å². The molecule has 1 saturated carbocycles. The second-order valence-corrected chi connectivity index (χ2v) is 6.50. The van der Waals surface area contributed by atoms with Crippen molar-refractivity contribution in [3.05, 3.63) is 41.5 Å². The third kappa shape index (κ3) is 6.20. The van der Waals surface area contributed by atoms with E-state index in [0.717, 1.165) is 43.9 Å². The molecule has 1 aromatic carbocycles. The summed E-state index contributed by atoms with van der Waals surface area (Å²) in [6.45, 7) is 1.67. The molecule has 1 amide bonds. The van der Waals surface area contributed by atoms with Crippen molar-refractivity contribution >= 4 is 18.0 Å². The zero-order valence-corrected chi connectivity index (χ0v) is 14.5. The Morgan fingerprint density at radius 3 is 2.69 bits per heavy atom. The maximum atomic E-state index is 12.6. The lowest BCUT2D eigenvalue weighted by Crippen LogP contribution is -2.42. The molecular formula is C19H22F3NO3. The summed E-state index contributed by atoms with van der Waals surface area (Å²) in [5.41, 5.74) is -0.578. The number of esters is 1. The van der Waals surface area contributed by atoms with Crippen molar-refractivity contribution in [2.24, 2.45) is 5.92 Å². The minimum Gasteiger partial charge on any atom is -0.452 e. The Morgan fingerprint density at radius 1 is 1.27 bits per heavy atom. The van der Waals surface area contributed by atoms with E-state index in [-0.39, 0.29) is 17.5 Å². The second-order valence-electron chi connectivity index (χ2n) is 6.50. The van der Waals surface area contributed by atoms with Gasteiger partial charge in [0, 0.05) is 12.1 Å². The molecule has 0 aromatic heterocycles. The van der Waals surface area contributed by atoms with Gasteiger partial charge < -0.3 is 10.1 Å². The number of hydrogen-bond acceptors (Lipinski definition) is 3. The van der Waals surface area contributed by atoms with E-state index >= 15 is 0 Å². The lowest BCUT2D eigenvalue weighted by molar-refractivity contribution is -0.144. The van der Waals surface area contributed by atoms with Gasteiger partial charge in [0.05, 0.1) is 5.56 Å². The first kappa shape index (κ1) is 20.0. The summed E-state index contributed by atoms with van der Waals surface area (Å²) in [7, 11) is 0. The summed E-state index contributed by atoms with van der Waals surface area (Å²) >= 11 is 0. The number of nitrogens with one attached hydrogen (secondary N) is 1. The van der Waals surface area contributed by atoms with Crippen LogP contribution in [0.5, 0.6) is 0 Å². The number of carbonyl (C=O) groups excluding carboxylic acids is 2. The fourth-order valence-corrected chi connectivity index (χ4v) is 2.95. The van der Waals surface area contributed by atoms with Crippen molar-refractivity contribution < 1.29 is 27.5 Å². The fraction of sp³-hybridized carbons (Fsp3) is 0.474. The van der Waals surface area contributed by atoms with Crippen LogP contribution in [-0.2, 0) is 20.5 Å². The Hall–Kier alpha value is -2.31. The minimum atomic E-state index is -4.45. The van der Waals surface area contributed by atoms with Crippen LogP contribution in [-0.4, -0.2) is 24.5 Å². The van der Waals surface area contributed by atoms with Gasteiger partial charge in [0.1, 0.15) is 0 Å². The quantitative estimate of drug-likeness (QED) is 0.631. The van der Waals surface area contributed by atoms with E-state index in [1.807, 2.05) is 0 Å². The van der Waals surface area contributed by atoms with Crippen LogP contribution in [0.3, 0.4) is 0 Å². The molecule has 0 saturated heterocycles. The summed E-state index contributed by atoms with van der Waals surface area (Å²) in [5, 5.41) is 2.86. The average Bonchev–Trinajstić information content (AvgIpc) is 2.60. The van der Waals surface area contributed by atoms with E-state index in [2.05, 4.69) is 12.2 Å². The third-order valence-corrected chi connectivity index (χ3v) is 4.43. The fourth-order valence-electron chi connectivity index (χ4n) is 2.95. The normalized spacial score (nSPS) is 20.8. The monoisotopic (exact) mass is 369 g/mol. The molecule has 1 aromatic rings. The van der Waals surface area contributed by atoms with Crippen molar-refractivity contribution in [1.82, 2.24) is 5.32 Å². The molecule has 142 valence electrons. The van der Waals surface area contributed by atoms with E-state index in [1.165, 1.54) is 18.2 Å². The summed E-state index contributed by atoms with van der Waals surface area (Å²) in [6.07, 6.45) is 1.97. The van der Waals surface area contributed by atoms with Gasteiger partial charge in [-0.2, -0.15) is 13.2 Å². The summed E-state index contributed by atoms with van der Waals surface area (Å²) < 4.78 is 42.7. The van der Waals surface area contributed by atoms with E-state index in [0.29, 0.717) is 5.92 Å². The average molecular weight is 369 g/mol. The summed E-state index contributed by atoms with van der Waals surface area (Å²) in [4.78, 5) is 23.5. The predicted molar refractivity (Wildman–Crippen MR) is 91.0 cm³/mol. The van der Waals surface area contributed by atoms with Crippen molar-refractivity contribution in [1.29, 1.82) is 0 Å². The molecule has 0 unspecified atom stereocenters. The topological polar surface area (TPSA) is 55.4 Å². The molecule has 0 heterocycles. The number of carbonyl (C=O) groups is 2. The zero-order valence-electron chi connectivity index (χ0n) is 14.5. The van der Waals surface area contributed by atoms with Gasteiger partial charge in [0.2, 0.25) is 0 Å². The van der Waals surface area contributed by atoms with Gasteiger partial charge >= 0.3 is 12.1 Å². The van der Waals surface area contributed by atoms with Crippen molar-refractivity contribution in [3.8, 4) is 0 Å². The Labute approximate surface area is 150 Å². The maximum absolute atomic E-state index is 12.6. The predicted octanol–water partition coefficient (Wildman–Crippen LogP) is 3.96. The van der Waals surface area contributed by atoms with Crippen LogP contribution >= 0.6 is 0 Å². The molecule has 26 heavy (non-hydrogen) atoms. The Kier molecular flexibility index (Phi) is 6.83. The molecule has 1 fully saturated rings. The molecule has 0 spiro atoms. The molecule has 0 bridgehead atoms.